The van der Waals surface area contributed by atoms with Crippen LogP contribution in [-0.4, -0.2) is 127 Å². The molecule has 0 aromatic rings. The zero-order valence-electron chi connectivity index (χ0n) is 18.7. The molecule has 0 aliphatic carbocycles. The summed E-state index contributed by atoms with van der Waals surface area (Å²) in [6, 6.07) is 0. The maximum absolute atomic E-state index is 12.4. The van der Waals surface area contributed by atoms with Crippen LogP contribution >= 0.6 is 0 Å². The lowest BCUT2D eigenvalue weighted by Crippen LogP contribution is -2.66. The second kappa shape index (κ2) is 13.4. The zero-order valence-corrected chi connectivity index (χ0v) is 18.7. The predicted molar refractivity (Wildman–Crippen MR) is 111 cm³/mol. The highest BCUT2D eigenvalue weighted by atomic mass is 16.7. The van der Waals surface area contributed by atoms with Crippen molar-refractivity contribution in [2.45, 2.75) is 113 Å². The van der Waals surface area contributed by atoms with E-state index < -0.39 is 86.3 Å². The first kappa shape index (κ1) is 28.5. The first-order valence-corrected chi connectivity index (χ1v) is 11.5. The van der Waals surface area contributed by atoms with E-state index in [4.69, 9.17) is 14.2 Å². The summed E-state index contributed by atoms with van der Waals surface area (Å²) in [4.78, 5) is 12.4. The highest BCUT2D eigenvalue weighted by Gasteiger charge is 2.52. The average molecular weight is 483 g/mol. The summed E-state index contributed by atoms with van der Waals surface area (Å²) in [7, 11) is 0. The summed E-state index contributed by atoms with van der Waals surface area (Å²) in [6.45, 7) is 0.629. The average Bonchev–Trinajstić information content (AvgIpc) is 2.81. The number of ether oxygens (including phenoxy) is 3. The van der Waals surface area contributed by atoms with Gasteiger partial charge in [0.1, 0.15) is 61.0 Å². The minimum atomic E-state index is -1.78. The Balaban J connectivity index is 2.02. The Morgan fingerprint density at radius 2 is 1.45 bits per heavy atom. The molecule has 0 aromatic heterocycles. The van der Waals surface area contributed by atoms with Crippen molar-refractivity contribution in [3.63, 3.8) is 0 Å². The van der Waals surface area contributed by atoms with Crippen LogP contribution in [0, 0.1) is 0 Å². The van der Waals surface area contributed by atoms with Crippen molar-refractivity contribution in [2.75, 3.05) is 13.2 Å². The fraction of sp³-hybridized carbons (Fsp3) is 0.952. The standard InChI is InChI=1S/C21H38O12/c1-2-3-4-5-6-7-10(24)13(25)20-17(29)16(28)19(12(9-23)31-20)33-21-18(30)15(27)14(26)11(8-22)32-21/h11-23,25-30H,2-9H2,1H3/t11-,12-,13?,14+,15+,16-,17-,18-,19-,20?,21?/m1/s1. The molecule has 2 fully saturated rings. The third-order valence-corrected chi connectivity index (χ3v) is 6.21. The summed E-state index contributed by atoms with van der Waals surface area (Å²) in [5.41, 5.74) is 0. The van der Waals surface area contributed by atoms with Crippen molar-refractivity contribution < 1.29 is 59.9 Å². The van der Waals surface area contributed by atoms with Gasteiger partial charge in [-0.3, -0.25) is 4.79 Å². The largest absolute Gasteiger partial charge is 0.394 e. The van der Waals surface area contributed by atoms with Crippen LogP contribution in [0.25, 0.3) is 0 Å². The number of ketones is 1. The summed E-state index contributed by atoms with van der Waals surface area (Å²) in [5.74, 6) is -0.562. The fourth-order valence-corrected chi connectivity index (χ4v) is 4.11. The van der Waals surface area contributed by atoms with Crippen LogP contribution < -0.4 is 0 Å². The zero-order chi connectivity index (χ0) is 24.7. The number of rotatable bonds is 12. The molecule has 0 aromatic carbocycles. The van der Waals surface area contributed by atoms with Gasteiger partial charge in [-0.1, -0.05) is 32.6 Å². The van der Waals surface area contributed by atoms with Crippen LogP contribution in [0.4, 0.5) is 0 Å². The van der Waals surface area contributed by atoms with E-state index in [9.17, 15) is 45.6 Å². The van der Waals surface area contributed by atoms with Crippen molar-refractivity contribution >= 4 is 5.78 Å². The smallest absolute Gasteiger partial charge is 0.187 e. The van der Waals surface area contributed by atoms with Gasteiger partial charge in [0.25, 0.3) is 0 Å². The Morgan fingerprint density at radius 1 is 0.818 bits per heavy atom. The van der Waals surface area contributed by atoms with Crippen LogP contribution in [0.2, 0.25) is 0 Å². The second-order valence-corrected chi connectivity index (χ2v) is 8.68. The van der Waals surface area contributed by atoms with Crippen LogP contribution in [0.1, 0.15) is 45.4 Å². The highest BCUT2D eigenvalue weighted by Crippen LogP contribution is 2.30. The topological polar surface area (TPSA) is 207 Å². The number of unbranched alkanes of at least 4 members (excludes halogenated alkanes) is 4. The van der Waals surface area contributed by atoms with Crippen molar-refractivity contribution in [2.24, 2.45) is 0 Å². The second-order valence-electron chi connectivity index (χ2n) is 8.68. The van der Waals surface area contributed by atoms with Gasteiger partial charge in [-0.25, -0.2) is 0 Å². The number of Topliss-reactive ketones (excluding diaryl/α,β-unsaturated/α-hetero) is 1. The minimum absolute atomic E-state index is 0.0716. The van der Waals surface area contributed by atoms with Crippen molar-refractivity contribution in [3.8, 4) is 0 Å². The maximum Gasteiger partial charge on any atom is 0.187 e. The normalized spacial score (nSPS) is 40.5. The van der Waals surface area contributed by atoms with Crippen LogP contribution in [0.5, 0.6) is 0 Å². The van der Waals surface area contributed by atoms with Crippen LogP contribution in [-0.2, 0) is 19.0 Å². The Bertz CT molecular complexity index is 588. The Hall–Kier alpha value is -0.770. The first-order valence-electron chi connectivity index (χ1n) is 11.5. The highest BCUT2D eigenvalue weighted by molar-refractivity contribution is 5.83. The number of aliphatic hydroxyl groups is 8. The molecule has 0 amide bonds. The molecule has 2 rings (SSSR count). The van der Waals surface area contributed by atoms with E-state index in [1.807, 2.05) is 0 Å². The number of aliphatic hydroxyl groups excluding tert-OH is 8. The molecule has 0 radical (unpaired) electrons. The van der Waals surface area contributed by atoms with E-state index in [2.05, 4.69) is 6.92 Å². The molecule has 0 spiro atoms. The van der Waals surface area contributed by atoms with Gasteiger partial charge >= 0.3 is 0 Å². The van der Waals surface area contributed by atoms with Gasteiger partial charge in [-0.05, 0) is 6.42 Å². The van der Waals surface area contributed by atoms with Gasteiger partial charge in [0.15, 0.2) is 12.1 Å². The Labute approximate surface area is 192 Å². The molecule has 12 nitrogen and oxygen atoms in total. The van der Waals surface area contributed by atoms with Crippen molar-refractivity contribution in [1.82, 2.24) is 0 Å². The summed E-state index contributed by atoms with van der Waals surface area (Å²) in [6.07, 6.45) is -13.1. The molecule has 12 heteroatoms. The summed E-state index contributed by atoms with van der Waals surface area (Å²) < 4.78 is 16.2. The van der Waals surface area contributed by atoms with Gasteiger partial charge in [-0.15, -0.1) is 0 Å². The molecular weight excluding hydrogens is 444 g/mol. The molecule has 2 saturated heterocycles. The van der Waals surface area contributed by atoms with Gasteiger partial charge in [0.05, 0.1) is 13.2 Å². The molecule has 2 aliphatic rings. The summed E-state index contributed by atoms with van der Waals surface area (Å²) >= 11 is 0. The molecule has 2 aliphatic heterocycles. The maximum atomic E-state index is 12.4. The molecule has 11 atom stereocenters. The molecule has 194 valence electrons. The molecule has 0 bridgehead atoms. The minimum Gasteiger partial charge on any atom is -0.394 e. The monoisotopic (exact) mass is 482 g/mol. The van der Waals surface area contributed by atoms with E-state index in [0.717, 1.165) is 25.7 Å². The molecular formula is C21H38O12. The molecule has 8 N–H and O–H groups in total. The van der Waals surface area contributed by atoms with Crippen LogP contribution in [0.3, 0.4) is 0 Å². The van der Waals surface area contributed by atoms with E-state index in [-0.39, 0.29) is 6.42 Å². The summed E-state index contributed by atoms with van der Waals surface area (Å²) in [5, 5.41) is 80.4. The third-order valence-electron chi connectivity index (χ3n) is 6.21. The fourth-order valence-electron chi connectivity index (χ4n) is 4.11. The van der Waals surface area contributed by atoms with E-state index >= 15 is 0 Å². The Morgan fingerprint density at radius 3 is 2.06 bits per heavy atom. The number of carbonyl (C=O) groups excluding carboxylic acids is 1. The van der Waals surface area contributed by atoms with Crippen LogP contribution in [0.15, 0.2) is 0 Å². The quantitative estimate of drug-likeness (QED) is 0.131. The molecule has 0 saturated carbocycles. The van der Waals surface area contributed by atoms with Gasteiger partial charge < -0.3 is 55.1 Å². The first-order chi connectivity index (χ1) is 15.7. The number of hydrogen-bond acceptors (Lipinski definition) is 12. The Kier molecular flexibility index (Phi) is 11.5. The SMILES string of the molecule is CCCCCCCC(=O)C(O)C1O[C@H](CO)[C@@H](OC2O[C@H](CO)[C@H](O)[C@H](O)[C@H]2O)[C@H](O)[C@H]1O. The molecule has 33 heavy (non-hydrogen) atoms. The lowest BCUT2D eigenvalue weighted by atomic mass is 9.89. The van der Waals surface area contributed by atoms with E-state index in [1.54, 1.807) is 0 Å². The predicted octanol–water partition coefficient (Wildman–Crippen LogP) is -3.06. The number of carbonyl (C=O) groups is 1. The van der Waals surface area contributed by atoms with E-state index in [1.165, 1.54) is 0 Å². The third kappa shape index (κ3) is 6.89. The van der Waals surface area contributed by atoms with Gasteiger partial charge in [-0.2, -0.15) is 0 Å². The lowest BCUT2D eigenvalue weighted by molar-refractivity contribution is -0.344. The number of hydrogen-bond donors (Lipinski definition) is 8. The molecule has 2 heterocycles. The lowest BCUT2D eigenvalue weighted by Gasteiger charge is -2.46. The van der Waals surface area contributed by atoms with Crippen molar-refractivity contribution in [1.29, 1.82) is 0 Å². The molecule has 3 unspecified atom stereocenters. The van der Waals surface area contributed by atoms with E-state index in [0.29, 0.717) is 6.42 Å². The van der Waals surface area contributed by atoms with Crippen molar-refractivity contribution in [3.05, 3.63) is 0 Å². The van der Waals surface area contributed by atoms with Gasteiger partial charge in [0, 0.05) is 6.42 Å². The van der Waals surface area contributed by atoms with Gasteiger partial charge in [0.2, 0.25) is 0 Å².